The first-order valence-electron chi connectivity index (χ1n) is 7.54. The van der Waals surface area contributed by atoms with Crippen LogP contribution < -0.4 is 0 Å². The van der Waals surface area contributed by atoms with Gasteiger partial charge in [-0.25, -0.2) is 0 Å². The fourth-order valence-electron chi connectivity index (χ4n) is 2.80. The van der Waals surface area contributed by atoms with E-state index in [2.05, 4.69) is 40.4 Å². The SMILES string of the molecule is C=C[C@H]1[C@@H](O[Si](C)(C)C(C)(C)C)CC[C@H]1C(OC)OC. The molecule has 20 heavy (non-hydrogen) atoms. The minimum absolute atomic E-state index is 0.161. The third-order valence-electron chi connectivity index (χ3n) is 5.05. The second kappa shape index (κ2) is 6.73. The maximum Gasteiger partial charge on any atom is 0.192 e. The van der Waals surface area contributed by atoms with Gasteiger partial charge in [0.1, 0.15) is 0 Å². The maximum absolute atomic E-state index is 6.59. The highest BCUT2D eigenvalue weighted by Gasteiger charge is 2.45. The molecule has 3 nitrogen and oxygen atoms in total. The molecule has 0 bridgehead atoms. The van der Waals surface area contributed by atoms with Gasteiger partial charge in [-0.1, -0.05) is 26.8 Å². The molecule has 0 unspecified atom stereocenters. The zero-order valence-electron chi connectivity index (χ0n) is 14.2. The fraction of sp³-hybridized carbons (Fsp3) is 0.875. The zero-order chi connectivity index (χ0) is 15.6. The molecule has 1 saturated carbocycles. The Bertz CT molecular complexity index is 318. The van der Waals surface area contributed by atoms with Crippen LogP contribution in [0.1, 0.15) is 33.6 Å². The molecule has 4 heteroatoms. The molecule has 1 aliphatic carbocycles. The summed E-state index contributed by atoms with van der Waals surface area (Å²) in [6.45, 7) is 15.5. The molecule has 0 aromatic heterocycles. The lowest BCUT2D eigenvalue weighted by Crippen LogP contribution is -2.45. The summed E-state index contributed by atoms with van der Waals surface area (Å²) in [4.78, 5) is 0. The second-order valence-electron chi connectivity index (χ2n) is 7.31. The van der Waals surface area contributed by atoms with Crippen LogP contribution in [0.4, 0.5) is 0 Å². The molecule has 0 aliphatic heterocycles. The van der Waals surface area contributed by atoms with Crippen LogP contribution in [-0.2, 0) is 13.9 Å². The van der Waals surface area contributed by atoms with Crippen LogP contribution in [0.3, 0.4) is 0 Å². The molecular formula is C16H32O3Si. The van der Waals surface area contributed by atoms with Gasteiger partial charge in [-0.2, -0.15) is 0 Å². The Morgan fingerprint density at radius 2 is 1.70 bits per heavy atom. The molecule has 0 amide bonds. The van der Waals surface area contributed by atoms with Gasteiger partial charge in [-0.15, -0.1) is 6.58 Å². The molecule has 0 aromatic rings. The van der Waals surface area contributed by atoms with E-state index in [1.807, 2.05) is 6.08 Å². The van der Waals surface area contributed by atoms with E-state index in [0.717, 1.165) is 12.8 Å². The van der Waals surface area contributed by atoms with E-state index in [4.69, 9.17) is 13.9 Å². The lowest BCUT2D eigenvalue weighted by molar-refractivity contribution is -0.143. The van der Waals surface area contributed by atoms with Crippen molar-refractivity contribution in [3.63, 3.8) is 0 Å². The predicted octanol–water partition coefficient (Wildman–Crippen LogP) is 4.21. The van der Waals surface area contributed by atoms with Crippen molar-refractivity contribution in [3.8, 4) is 0 Å². The standard InChI is InChI=1S/C16H32O3Si/c1-9-12-13(15(17-5)18-6)10-11-14(12)19-20(7,8)16(2,3)4/h9,12-15H,1,10-11H2,2-8H3/t12-,13-,14+/m1/s1. The molecule has 1 aliphatic rings. The third-order valence-corrected chi connectivity index (χ3v) is 9.55. The van der Waals surface area contributed by atoms with Gasteiger partial charge in [0.2, 0.25) is 0 Å². The molecule has 0 saturated heterocycles. The summed E-state index contributed by atoms with van der Waals surface area (Å²) in [5, 5.41) is 0.235. The van der Waals surface area contributed by atoms with Crippen molar-refractivity contribution in [1.82, 2.24) is 0 Å². The molecule has 0 aromatic carbocycles. The minimum Gasteiger partial charge on any atom is -0.413 e. The summed E-state index contributed by atoms with van der Waals surface area (Å²) < 4.78 is 17.5. The monoisotopic (exact) mass is 300 g/mol. The average molecular weight is 301 g/mol. The normalized spacial score (nSPS) is 28.1. The van der Waals surface area contributed by atoms with Gasteiger partial charge >= 0.3 is 0 Å². The summed E-state index contributed by atoms with van der Waals surface area (Å²) in [6, 6.07) is 0. The number of hydrogen-bond donors (Lipinski definition) is 0. The fourth-order valence-corrected chi connectivity index (χ4v) is 4.19. The highest BCUT2D eigenvalue weighted by atomic mass is 28.4. The van der Waals surface area contributed by atoms with Crippen molar-refractivity contribution in [2.45, 2.75) is 64.1 Å². The molecule has 1 fully saturated rings. The first-order chi connectivity index (χ1) is 9.17. The van der Waals surface area contributed by atoms with E-state index in [0.29, 0.717) is 11.8 Å². The number of methoxy groups -OCH3 is 2. The van der Waals surface area contributed by atoms with Crippen LogP contribution in [0.25, 0.3) is 0 Å². The smallest absolute Gasteiger partial charge is 0.192 e. The quantitative estimate of drug-likeness (QED) is 0.418. The highest BCUT2D eigenvalue weighted by molar-refractivity contribution is 6.74. The van der Waals surface area contributed by atoms with Crippen molar-refractivity contribution in [2.75, 3.05) is 14.2 Å². The van der Waals surface area contributed by atoms with E-state index in [1.54, 1.807) is 14.2 Å². The maximum atomic E-state index is 6.59. The van der Waals surface area contributed by atoms with E-state index < -0.39 is 8.32 Å². The lowest BCUT2D eigenvalue weighted by atomic mass is 9.94. The van der Waals surface area contributed by atoms with Crippen molar-refractivity contribution in [2.24, 2.45) is 11.8 Å². The Morgan fingerprint density at radius 3 is 2.10 bits per heavy atom. The Balaban J connectivity index is 2.81. The molecule has 0 radical (unpaired) electrons. The minimum atomic E-state index is -1.74. The van der Waals surface area contributed by atoms with Gasteiger partial charge in [0.05, 0.1) is 6.10 Å². The van der Waals surface area contributed by atoms with Crippen molar-refractivity contribution < 1.29 is 13.9 Å². The molecule has 1 rings (SSSR count). The van der Waals surface area contributed by atoms with Gasteiger partial charge in [0.15, 0.2) is 14.6 Å². The van der Waals surface area contributed by atoms with Crippen molar-refractivity contribution >= 4 is 8.32 Å². The average Bonchev–Trinajstić information content (AvgIpc) is 2.71. The zero-order valence-corrected chi connectivity index (χ0v) is 15.2. The Morgan fingerprint density at radius 1 is 1.15 bits per heavy atom. The molecule has 3 atom stereocenters. The van der Waals surface area contributed by atoms with E-state index in [9.17, 15) is 0 Å². The van der Waals surface area contributed by atoms with Crippen molar-refractivity contribution in [3.05, 3.63) is 12.7 Å². The Labute approximate surface area is 125 Å². The number of rotatable bonds is 6. The molecule has 0 N–H and O–H groups in total. The third kappa shape index (κ3) is 3.73. The van der Waals surface area contributed by atoms with Gasteiger partial charge in [0.25, 0.3) is 0 Å². The first-order valence-corrected chi connectivity index (χ1v) is 10.4. The van der Waals surface area contributed by atoms with Crippen LogP contribution in [0.2, 0.25) is 18.1 Å². The molecule has 0 heterocycles. The van der Waals surface area contributed by atoms with Gasteiger partial charge < -0.3 is 13.9 Å². The topological polar surface area (TPSA) is 27.7 Å². The summed E-state index contributed by atoms with van der Waals surface area (Å²) in [5.74, 6) is 0.659. The van der Waals surface area contributed by atoms with E-state index in [-0.39, 0.29) is 17.4 Å². The summed E-state index contributed by atoms with van der Waals surface area (Å²) in [7, 11) is 1.67. The van der Waals surface area contributed by atoms with Gasteiger partial charge in [0, 0.05) is 26.1 Å². The first kappa shape index (κ1) is 17.9. The van der Waals surface area contributed by atoms with Crippen LogP contribution in [0.5, 0.6) is 0 Å². The summed E-state index contributed by atoms with van der Waals surface area (Å²) >= 11 is 0. The highest BCUT2D eigenvalue weighted by Crippen LogP contribution is 2.44. The lowest BCUT2D eigenvalue weighted by Gasteiger charge is -2.40. The van der Waals surface area contributed by atoms with Crippen LogP contribution in [0.15, 0.2) is 12.7 Å². The van der Waals surface area contributed by atoms with Crippen LogP contribution >= 0.6 is 0 Å². The summed E-state index contributed by atoms with van der Waals surface area (Å²) in [5.41, 5.74) is 0. The molecular weight excluding hydrogens is 268 g/mol. The predicted molar refractivity (Wildman–Crippen MR) is 86.3 cm³/mol. The number of hydrogen-bond acceptors (Lipinski definition) is 3. The second-order valence-corrected chi connectivity index (χ2v) is 12.1. The van der Waals surface area contributed by atoms with Crippen molar-refractivity contribution in [1.29, 1.82) is 0 Å². The van der Waals surface area contributed by atoms with Crippen LogP contribution in [-0.4, -0.2) is 34.9 Å². The number of ether oxygens (including phenoxy) is 2. The van der Waals surface area contributed by atoms with Gasteiger partial charge in [-0.3, -0.25) is 0 Å². The molecule has 0 spiro atoms. The summed E-state index contributed by atoms with van der Waals surface area (Å²) in [6.07, 6.45) is 4.26. The largest absolute Gasteiger partial charge is 0.413 e. The molecule has 118 valence electrons. The van der Waals surface area contributed by atoms with E-state index >= 15 is 0 Å². The van der Waals surface area contributed by atoms with E-state index in [1.165, 1.54) is 0 Å². The van der Waals surface area contributed by atoms with Gasteiger partial charge in [-0.05, 0) is 31.0 Å². The van der Waals surface area contributed by atoms with Crippen LogP contribution in [0, 0.1) is 11.8 Å². The Hall–Kier alpha value is -0.163. The Kier molecular flexibility index (Phi) is 6.02.